The number of halogens is 1. The normalized spacial score (nSPS) is 24.7. The van der Waals surface area contributed by atoms with Gasteiger partial charge in [-0.2, -0.15) is 0 Å². The van der Waals surface area contributed by atoms with Gasteiger partial charge in [-0.15, -0.1) is 0 Å². The topological polar surface area (TPSA) is 21.3 Å². The maximum Gasteiger partial charge on any atom is 0.127 e. The number of benzene rings is 1. The molecule has 0 aromatic heterocycles. The van der Waals surface area contributed by atoms with Gasteiger partial charge < -0.3 is 10.1 Å². The first-order valence-corrected chi connectivity index (χ1v) is 9.16. The maximum absolute atomic E-state index is 5.78. The van der Waals surface area contributed by atoms with Crippen molar-refractivity contribution in [1.82, 2.24) is 5.32 Å². The summed E-state index contributed by atoms with van der Waals surface area (Å²) in [5.74, 6) is 3.02. The van der Waals surface area contributed by atoms with Crippen molar-refractivity contribution in [3.05, 3.63) is 27.7 Å². The van der Waals surface area contributed by atoms with E-state index in [1.165, 1.54) is 47.7 Å². The Bertz CT molecular complexity index is 480. The molecule has 1 saturated carbocycles. The molecule has 0 atom stereocenters. The smallest absolute Gasteiger partial charge is 0.127 e. The summed E-state index contributed by atoms with van der Waals surface area (Å²) in [6, 6.07) is 4.38. The summed E-state index contributed by atoms with van der Waals surface area (Å²) in [6.45, 7) is 5.27. The zero-order valence-electron chi connectivity index (χ0n) is 13.0. The molecule has 0 spiro atoms. The van der Waals surface area contributed by atoms with Gasteiger partial charge in [0.1, 0.15) is 5.75 Å². The van der Waals surface area contributed by atoms with Crippen LogP contribution >= 0.6 is 15.9 Å². The lowest BCUT2D eigenvalue weighted by molar-refractivity contribution is 0.275. The molecule has 3 heteroatoms. The van der Waals surface area contributed by atoms with Gasteiger partial charge in [-0.3, -0.25) is 0 Å². The Morgan fingerprint density at radius 2 is 2.05 bits per heavy atom. The van der Waals surface area contributed by atoms with E-state index in [0.29, 0.717) is 0 Å². The van der Waals surface area contributed by atoms with E-state index in [2.05, 4.69) is 40.3 Å². The highest BCUT2D eigenvalue weighted by atomic mass is 79.9. The van der Waals surface area contributed by atoms with Gasteiger partial charge in [0.05, 0.1) is 6.61 Å². The monoisotopic (exact) mass is 351 g/mol. The number of fused-ring (bicyclic) bond motifs is 1. The van der Waals surface area contributed by atoms with Crippen LogP contribution in [-0.4, -0.2) is 13.2 Å². The quantitative estimate of drug-likeness (QED) is 0.777. The SMILES string of the molecule is CC1CCC(CCNCc2cc(Br)cc3c2OCC3)CC1. The Kier molecular flexibility index (Phi) is 5.23. The Labute approximate surface area is 136 Å². The van der Waals surface area contributed by atoms with Crippen molar-refractivity contribution in [3.8, 4) is 5.75 Å². The van der Waals surface area contributed by atoms with Crippen LogP contribution in [0.15, 0.2) is 16.6 Å². The van der Waals surface area contributed by atoms with Crippen LogP contribution in [-0.2, 0) is 13.0 Å². The molecule has 1 aromatic rings. The standard InChI is InChI=1S/C18H26BrNO/c1-13-2-4-14(5-3-13)6-8-20-12-16-11-17(19)10-15-7-9-21-18(15)16/h10-11,13-14,20H,2-9,12H2,1H3. The predicted molar refractivity (Wildman–Crippen MR) is 90.8 cm³/mol. The van der Waals surface area contributed by atoms with Crippen LogP contribution in [0, 0.1) is 11.8 Å². The summed E-state index contributed by atoms with van der Waals surface area (Å²) < 4.78 is 6.95. The van der Waals surface area contributed by atoms with E-state index in [-0.39, 0.29) is 0 Å². The van der Waals surface area contributed by atoms with Crippen molar-refractivity contribution in [2.75, 3.05) is 13.2 Å². The molecule has 1 heterocycles. The third-order valence-corrected chi connectivity index (χ3v) is 5.46. The molecule has 0 radical (unpaired) electrons. The molecular weight excluding hydrogens is 326 g/mol. The van der Waals surface area contributed by atoms with E-state index in [1.54, 1.807) is 0 Å². The highest BCUT2D eigenvalue weighted by molar-refractivity contribution is 9.10. The van der Waals surface area contributed by atoms with E-state index in [9.17, 15) is 0 Å². The molecule has 2 nitrogen and oxygen atoms in total. The first-order valence-electron chi connectivity index (χ1n) is 8.37. The van der Waals surface area contributed by atoms with Crippen molar-refractivity contribution in [2.24, 2.45) is 11.8 Å². The number of rotatable bonds is 5. The second-order valence-electron chi connectivity index (χ2n) is 6.74. The summed E-state index contributed by atoms with van der Waals surface area (Å²) in [4.78, 5) is 0. The molecular formula is C18H26BrNO. The van der Waals surface area contributed by atoms with E-state index in [0.717, 1.165) is 43.7 Å². The molecule has 1 fully saturated rings. The first kappa shape index (κ1) is 15.4. The van der Waals surface area contributed by atoms with Crippen molar-refractivity contribution in [2.45, 2.75) is 52.0 Å². The van der Waals surface area contributed by atoms with Gasteiger partial charge in [-0.05, 0) is 42.5 Å². The average molecular weight is 352 g/mol. The molecule has 116 valence electrons. The molecule has 1 aromatic carbocycles. The maximum atomic E-state index is 5.78. The fourth-order valence-corrected chi connectivity index (χ4v) is 4.18. The van der Waals surface area contributed by atoms with Gasteiger partial charge in [-0.25, -0.2) is 0 Å². The lowest BCUT2D eigenvalue weighted by Gasteiger charge is -2.26. The molecule has 1 N–H and O–H groups in total. The van der Waals surface area contributed by atoms with Gasteiger partial charge in [0, 0.05) is 23.0 Å². The lowest BCUT2D eigenvalue weighted by atomic mass is 9.81. The number of hydrogen-bond acceptors (Lipinski definition) is 2. The van der Waals surface area contributed by atoms with Crippen LogP contribution in [0.5, 0.6) is 5.75 Å². The minimum atomic E-state index is 0.832. The highest BCUT2D eigenvalue weighted by Gasteiger charge is 2.19. The van der Waals surface area contributed by atoms with E-state index < -0.39 is 0 Å². The van der Waals surface area contributed by atoms with Crippen LogP contribution in [0.2, 0.25) is 0 Å². The zero-order valence-corrected chi connectivity index (χ0v) is 14.5. The third-order valence-electron chi connectivity index (χ3n) is 5.01. The summed E-state index contributed by atoms with van der Waals surface area (Å²) in [6.07, 6.45) is 8.08. The molecule has 2 aliphatic rings. The fraction of sp³-hybridized carbons (Fsp3) is 0.667. The van der Waals surface area contributed by atoms with Crippen LogP contribution in [0.4, 0.5) is 0 Å². The van der Waals surface area contributed by atoms with E-state index in [1.807, 2.05) is 0 Å². The second kappa shape index (κ2) is 7.15. The highest BCUT2D eigenvalue weighted by Crippen LogP contribution is 2.33. The minimum absolute atomic E-state index is 0.832. The number of ether oxygens (including phenoxy) is 1. The van der Waals surface area contributed by atoms with Gasteiger partial charge in [0.25, 0.3) is 0 Å². The van der Waals surface area contributed by atoms with Crippen LogP contribution in [0.3, 0.4) is 0 Å². The van der Waals surface area contributed by atoms with Gasteiger partial charge in [0.2, 0.25) is 0 Å². The molecule has 1 aliphatic heterocycles. The molecule has 0 unspecified atom stereocenters. The van der Waals surface area contributed by atoms with Crippen LogP contribution in [0.1, 0.15) is 50.2 Å². The Morgan fingerprint density at radius 1 is 1.24 bits per heavy atom. The third kappa shape index (κ3) is 4.01. The Hall–Kier alpha value is -0.540. The summed E-state index contributed by atoms with van der Waals surface area (Å²) in [5, 5.41) is 3.62. The van der Waals surface area contributed by atoms with Crippen molar-refractivity contribution in [3.63, 3.8) is 0 Å². The molecule has 0 amide bonds. The van der Waals surface area contributed by atoms with Crippen LogP contribution < -0.4 is 10.1 Å². The molecule has 21 heavy (non-hydrogen) atoms. The Balaban J connectivity index is 1.46. The molecule has 0 bridgehead atoms. The van der Waals surface area contributed by atoms with Crippen molar-refractivity contribution >= 4 is 15.9 Å². The van der Waals surface area contributed by atoms with E-state index >= 15 is 0 Å². The number of nitrogens with one attached hydrogen (secondary N) is 1. The second-order valence-corrected chi connectivity index (χ2v) is 7.66. The molecule has 0 saturated heterocycles. The van der Waals surface area contributed by atoms with Crippen molar-refractivity contribution in [1.29, 1.82) is 0 Å². The van der Waals surface area contributed by atoms with Gasteiger partial charge in [0.15, 0.2) is 0 Å². The van der Waals surface area contributed by atoms with Crippen molar-refractivity contribution < 1.29 is 4.74 Å². The largest absolute Gasteiger partial charge is 0.493 e. The lowest BCUT2D eigenvalue weighted by Crippen LogP contribution is -2.20. The number of hydrogen-bond donors (Lipinski definition) is 1. The predicted octanol–water partition coefficient (Wildman–Crippen LogP) is 4.69. The summed E-state index contributed by atoms with van der Waals surface area (Å²) in [7, 11) is 0. The molecule has 1 aliphatic carbocycles. The molecule has 3 rings (SSSR count). The average Bonchev–Trinajstić information content (AvgIpc) is 2.93. The summed E-state index contributed by atoms with van der Waals surface area (Å²) >= 11 is 3.61. The zero-order chi connectivity index (χ0) is 14.7. The Morgan fingerprint density at radius 3 is 2.86 bits per heavy atom. The van der Waals surface area contributed by atoms with Gasteiger partial charge >= 0.3 is 0 Å². The van der Waals surface area contributed by atoms with E-state index in [4.69, 9.17) is 4.74 Å². The first-order chi connectivity index (χ1) is 10.2. The fourth-order valence-electron chi connectivity index (χ4n) is 3.62. The summed E-state index contributed by atoms with van der Waals surface area (Å²) in [5.41, 5.74) is 2.65. The minimum Gasteiger partial charge on any atom is -0.493 e. The van der Waals surface area contributed by atoms with Gasteiger partial charge in [-0.1, -0.05) is 48.5 Å². The van der Waals surface area contributed by atoms with Crippen LogP contribution in [0.25, 0.3) is 0 Å².